The summed E-state index contributed by atoms with van der Waals surface area (Å²) in [5.74, 6) is -1.48. The van der Waals surface area contributed by atoms with Crippen LogP contribution in [0.1, 0.15) is 46.0 Å². The van der Waals surface area contributed by atoms with Gasteiger partial charge in [0.15, 0.2) is 0 Å². The Labute approximate surface area is 124 Å². The number of likely N-dealkylation sites (tertiary alicyclic amines) is 1. The van der Waals surface area contributed by atoms with Crippen molar-refractivity contribution in [3.8, 4) is 0 Å². The highest BCUT2D eigenvalue weighted by Gasteiger charge is 2.34. The maximum atomic E-state index is 12.3. The highest BCUT2D eigenvalue weighted by molar-refractivity contribution is 5.86. The molecule has 2 atom stereocenters. The number of ether oxygens (including phenoxy) is 1. The molecule has 1 saturated heterocycles. The van der Waals surface area contributed by atoms with Gasteiger partial charge >= 0.3 is 18.0 Å². The fourth-order valence-electron chi connectivity index (χ4n) is 2.44. The number of nitrogens with zero attached hydrogens (tertiary/aromatic N) is 1. The molecule has 0 aliphatic carbocycles. The summed E-state index contributed by atoms with van der Waals surface area (Å²) in [5.41, 5.74) is 0. The third-order valence-electron chi connectivity index (χ3n) is 3.50. The molecule has 1 aliphatic heterocycles. The lowest BCUT2D eigenvalue weighted by molar-refractivity contribution is -0.149. The molecule has 2 N–H and O–H groups in total. The van der Waals surface area contributed by atoms with Crippen molar-refractivity contribution in [2.75, 3.05) is 13.2 Å². The molecule has 0 spiro atoms. The number of hydrogen-bond donors (Lipinski definition) is 2. The van der Waals surface area contributed by atoms with Crippen molar-refractivity contribution in [2.24, 2.45) is 0 Å². The monoisotopic (exact) mass is 300 g/mol. The topological polar surface area (TPSA) is 95.9 Å². The summed E-state index contributed by atoms with van der Waals surface area (Å²) in [5, 5.41) is 11.6. The summed E-state index contributed by atoms with van der Waals surface area (Å²) in [4.78, 5) is 36.6. The molecule has 0 aromatic rings. The van der Waals surface area contributed by atoms with Crippen LogP contribution in [-0.4, -0.2) is 53.2 Å². The van der Waals surface area contributed by atoms with Crippen LogP contribution in [0, 0.1) is 0 Å². The van der Waals surface area contributed by atoms with E-state index in [0.29, 0.717) is 25.8 Å². The van der Waals surface area contributed by atoms with Crippen LogP contribution in [0.4, 0.5) is 4.79 Å². The van der Waals surface area contributed by atoms with Crippen molar-refractivity contribution in [1.29, 1.82) is 0 Å². The molecule has 120 valence electrons. The highest BCUT2D eigenvalue weighted by Crippen LogP contribution is 2.18. The Kier molecular flexibility index (Phi) is 6.98. The van der Waals surface area contributed by atoms with Crippen LogP contribution < -0.4 is 5.32 Å². The average molecular weight is 300 g/mol. The van der Waals surface area contributed by atoms with E-state index in [1.165, 1.54) is 4.90 Å². The number of hydrogen-bond acceptors (Lipinski definition) is 4. The van der Waals surface area contributed by atoms with Crippen LogP contribution in [0.5, 0.6) is 0 Å². The zero-order valence-corrected chi connectivity index (χ0v) is 12.6. The zero-order valence-electron chi connectivity index (χ0n) is 12.6. The van der Waals surface area contributed by atoms with Crippen LogP contribution >= 0.6 is 0 Å². The SMILES string of the molecule is CCCC(NC(=O)N1CCCCC1C(=O)OCC)C(=O)O. The predicted molar refractivity (Wildman–Crippen MR) is 75.8 cm³/mol. The van der Waals surface area contributed by atoms with Crippen molar-refractivity contribution in [3.05, 3.63) is 0 Å². The van der Waals surface area contributed by atoms with E-state index < -0.39 is 30.1 Å². The summed E-state index contributed by atoms with van der Waals surface area (Å²) in [7, 11) is 0. The lowest BCUT2D eigenvalue weighted by Crippen LogP contribution is -2.55. The first kappa shape index (κ1) is 17.3. The number of piperidine rings is 1. The lowest BCUT2D eigenvalue weighted by Gasteiger charge is -2.34. The molecule has 7 heteroatoms. The number of esters is 1. The Morgan fingerprint density at radius 3 is 2.62 bits per heavy atom. The second-order valence-corrected chi connectivity index (χ2v) is 5.09. The van der Waals surface area contributed by atoms with Gasteiger partial charge in [-0.1, -0.05) is 13.3 Å². The van der Waals surface area contributed by atoms with Gasteiger partial charge in [0.1, 0.15) is 12.1 Å². The molecule has 0 aromatic carbocycles. The second kappa shape index (κ2) is 8.49. The van der Waals surface area contributed by atoms with Gasteiger partial charge in [-0.25, -0.2) is 14.4 Å². The van der Waals surface area contributed by atoms with Gasteiger partial charge < -0.3 is 20.1 Å². The number of amides is 2. The Morgan fingerprint density at radius 2 is 2.05 bits per heavy atom. The summed E-state index contributed by atoms with van der Waals surface area (Å²) < 4.78 is 4.98. The largest absolute Gasteiger partial charge is 0.480 e. The van der Waals surface area contributed by atoms with E-state index in [9.17, 15) is 14.4 Å². The Balaban J connectivity index is 2.72. The fourth-order valence-corrected chi connectivity index (χ4v) is 2.44. The van der Waals surface area contributed by atoms with E-state index in [4.69, 9.17) is 9.84 Å². The second-order valence-electron chi connectivity index (χ2n) is 5.09. The fraction of sp³-hybridized carbons (Fsp3) is 0.786. The molecule has 0 aromatic heterocycles. The van der Waals surface area contributed by atoms with Crippen LogP contribution in [-0.2, 0) is 14.3 Å². The molecule has 1 rings (SSSR count). The van der Waals surface area contributed by atoms with Gasteiger partial charge in [-0.2, -0.15) is 0 Å². The van der Waals surface area contributed by atoms with Gasteiger partial charge in [-0.3, -0.25) is 0 Å². The van der Waals surface area contributed by atoms with Crippen LogP contribution in [0.15, 0.2) is 0 Å². The highest BCUT2D eigenvalue weighted by atomic mass is 16.5. The number of urea groups is 1. The van der Waals surface area contributed by atoms with Crippen molar-refractivity contribution < 1.29 is 24.2 Å². The lowest BCUT2D eigenvalue weighted by atomic mass is 10.0. The number of carbonyl (C=O) groups is 3. The van der Waals surface area contributed by atoms with E-state index in [1.807, 2.05) is 6.92 Å². The van der Waals surface area contributed by atoms with Gasteiger partial charge in [-0.05, 0) is 32.6 Å². The first-order chi connectivity index (χ1) is 10.0. The third-order valence-corrected chi connectivity index (χ3v) is 3.50. The average Bonchev–Trinajstić information content (AvgIpc) is 2.46. The Bertz CT molecular complexity index is 386. The van der Waals surface area contributed by atoms with Crippen molar-refractivity contribution in [2.45, 2.75) is 58.0 Å². The maximum Gasteiger partial charge on any atom is 0.328 e. The molecule has 0 bridgehead atoms. The van der Waals surface area contributed by atoms with Crippen LogP contribution in [0.25, 0.3) is 0 Å². The van der Waals surface area contributed by atoms with Gasteiger partial charge in [0.05, 0.1) is 6.61 Å². The van der Waals surface area contributed by atoms with Crippen molar-refractivity contribution in [1.82, 2.24) is 10.2 Å². The number of carbonyl (C=O) groups excluding carboxylic acids is 2. The molecule has 7 nitrogen and oxygen atoms in total. The first-order valence-corrected chi connectivity index (χ1v) is 7.47. The normalized spacial score (nSPS) is 19.7. The molecule has 21 heavy (non-hydrogen) atoms. The quantitative estimate of drug-likeness (QED) is 0.722. The first-order valence-electron chi connectivity index (χ1n) is 7.47. The van der Waals surface area contributed by atoms with Crippen molar-refractivity contribution >= 4 is 18.0 Å². The summed E-state index contributed by atoms with van der Waals surface area (Å²) >= 11 is 0. The number of nitrogens with one attached hydrogen (secondary N) is 1. The van der Waals surface area contributed by atoms with Gasteiger partial charge in [0.25, 0.3) is 0 Å². The minimum absolute atomic E-state index is 0.262. The number of carboxylic acid groups (broad SMARTS) is 1. The smallest absolute Gasteiger partial charge is 0.328 e. The van der Waals surface area contributed by atoms with E-state index in [0.717, 1.165) is 12.8 Å². The molecule has 1 aliphatic rings. The summed E-state index contributed by atoms with van der Waals surface area (Å²) in [6, 6.07) is -2.05. The molecule has 2 unspecified atom stereocenters. The maximum absolute atomic E-state index is 12.3. The molecular weight excluding hydrogens is 276 g/mol. The van der Waals surface area contributed by atoms with Crippen LogP contribution in [0.3, 0.4) is 0 Å². The molecule has 0 saturated carbocycles. The van der Waals surface area contributed by atoms with Gasteiger partial charge in [-0.15, -0.1) is 0 Å². The third kappa shape index (κ3) is 4.91. The van der Waals surface area contributed by atoms with E-state index in [-0.39, 0.29) is 6.61 Å². The number of carboxylic acids is 1. The van der Waals surface area contributed by atoms with E-state index in [1.54, 1.807) is 6.92 Å². The van der Waals surface area contributed by atoms with Gasteiger partial charge in [0, 0.05) is 6.54 Å². The molecule has 1 heterocycles. The molecule has 1 fully saturated rings. The zero-order chi connectivity index (χ0) is 15.8. The van der Waals surface area contributed by atoms with Gasteiger partial charge in [0.2, 0.25) is 0 Å². The number of rotatable bonds is 6. The molecule has 0 radical (unpaired) electrons. The molecular formula is C14H24N2O5. The van der Waals surface area contributed by atoms with E-state index in [2.05, 4.69) is 5.32 Å². The summed E-state index contributed by atoms with van der Waals surface area (Å²) in [6.45, 7) is 4.27. The van der Waals surface area contributed by atoms with Crippen molar-refractivity contribution in [3.63, 3.8) is 0 Å². The summed E-state index contributed by atoms with van der Waals surface area (Å²) in [6.07, 6.45) is 3.22. The van der Waals surface area contributed by atoms with Crippen LogP contribution in [0.2, 0.25) is 0 Å². The molecule has 2 amide bonds. The minimum Gasteiger partial charge on any atom is -0.480 e. The standard InChI is InChI=1S/C14H24N2O5/c1-3-7-10(12(17)18)15-14(20)16-9-6-5-8-11(16)13(19)21-4-2/h10-11H,3-9H2,1-2H3,(H,15,20)(H,17,18). The Morgan fingerprint density at radius 1 is 1.33 bits per heavy atom. The number of aliphatic carboxylic acids is 1. The minimum atomic E-state index is -1.06. The predicted octanol–water partition coefficient (Wildman–Crippen LogP) is 1.37. The van der Waals surface area contributed by atoms with E-state index >= 15 is 0 Å². The Hall–Kier alpha value is -1.79.